The van der Waals surface area contributed by atoms with E-state index in [4.69, 9.17) is 0 Å². The zero-order chi connectivity index (χ0) is 21.9. The maximum absolute atomic E-state index is 13.8. The zero-order valence-corrected chi connectivity index (χ0v) is 17.5. The fourth-order valence-corrected chi connectivity index (χ4v) is 3.99. The molecule has 1 amide bonds. The molecular weight excluding hydrogens is 427 g/mol. The Morgan fingerprint density at radius 3 is 2.78 bits per heavy atom. The molecular formula is C23H17FN6OS. The number of aromatic nitrogens is 5. The van der Waals surface area contributed by atoms with Crippen molar-refractivity contribution < 1.29 is 9.18 Å². The maximum atomic E-state index is 13.8. The smallest absolute Gasteiger partial charge is 0.295 e. The molecule has 7 nitrogen and oxygen atoms in total. The fourth-order valence-electron chi connectivity index (χ4n) is 3.29. The minimum absolute atomic E-state index is 0.00215. The average Bonchev–Trinajstić information content (AvgIpc) is 3.55. The lowest BCUT2D eigenvalue weighted by molar-refractivity contribution is 0.101. The number of nitrogens with zero attached hydrogens (tertiary/aromatic N) is 5. The van der Waals surface area contributed by atoms with Gasteiger partial charge in [0, 0.05) is 24.6 Å². The minimum Gasteiger partial charge on any atom is -0.333 e. The molecule has 0 saturated heterocycles. The summed E-state index contributed by atoms with van der Waals surface area (Å²) in [5, 5.41) is 9.14. The Kier molecular flexibility index (Phi) is 5.30. The highest BCUT2D eigenvalue weighted by Crippen LogP contribution is 2.26. The van der Waals surface area contributed by atoms with E-state index in [9.17, 15) is 9.18 Å². The van der Waals surface area contributed by atoms with Crippen LogP contribution in [0.5, 0.6) is 0 Å². The van der Waals surface area contributed by atoms with Crippen LogP contribution in [-0.2, 0) is 6.54 Å². The summed E-state index contributed by atoms with van der Waals surface area (Å²) in [7, 11) is 0. The van der Waals surface area contributed by atoms with Crippen LogP contribution >= 0.6 is 11.3 Å². The van der Waals surface area contributed by atoms with E-state index in [1.165, 1.54) is 28.2 Å². The number of carbonyl (C=O) groups is 1. The molecule has 5 aromatic rings. The van der Waals surface area contributed by atoms with Crippen LogP contribution in [0.25, 0.3) is 16.4 Å². The second kappa shape index (κ2) is 8.56. The van der Waals surface area contributed by atoms with Crippen molar-refractivity contribution in [1.29, 1.82) is 0 Å². The van der Waals surface area contributed by atoms with Crippen molar-refractivity contribution in [3.8, 4) is 16.4 Å². The number of halogens is 1. The third-order valence-electron chi connectivity index (χ3n) is 4.71. The molecule has 0 atom stereocenters. The SMILES string of the molecule is O=C(Nc1cccc(Cn2ccnc2)c1)c1nc(-c2cccs2)n(-c2cccc(F)c2)n1. The lowest BCUT2D eigenvalue weighted by atomic mass is 10.2. The Hall–Kier alpha value is -4.11. The van der Waals surface area contributed by atoms with Gasteiger partial charge in [-0.15, -0.1) is 16.4 Å². The Morgan fingerprint density at radius 2 is 2.00 bits per heavy atom. The molecule has 3 heterocycles. The standard InChI is InChI=1S/C23H17FN6OS/c24-17-5-2-7-19(13-17)30-22(20-8-3-11-32-20)27-21(28-30)23(31)26-18-6-1-4-16(12-18)14-29-10-9-25-15-29/h1-13,15H,14H2,(H,26,31). The number of anilines is 1. The number of rotatable bonds is 6. The highest BCUT2D eigenvalue weighted by Gasteiger charge is 2.20. The Labute approximate surface area is 186 Å². The molecule has 0 spiro atoms. The lowest BCUT2D eigenvalue weighted by Crippen LogP contribution is -2.14. The van der Waals surface area contributed by atoms with Crippen LogP contribution in [0.1, 0.15) is 16.2 Å². The third kappa shape index (κ3) is 4.19. The first-order chi connectivity index (χ1) is 15.7. The molecule has 3 aromatic heterocycles. The van der Waals surface area contributed by atoms with Gasteiger partial charge in [-0.05, 0) is 47.3 Å². The van der Waals surface area contributed by atoms with Gasteiger partial charge in [-0.3, -0.25) is 4.79 Å². The van der Waals surface area contributed by atoms with Crippen molar-refractivity contribution >= 4 is 22.9 Å². The second-order valence-corrected chi connectivity index (χ2v) is 7.97. The van der Waals surface area contributed by atoms with Gasteiger partial charge in [-0.25, -0.2) is 19.0 Å². The van der Waals surface area contributed by atoms with Crippen molar-refractivity contribution in [1.82, 2.24) is 24.3 Å². The van der Waals surface area contributed by atoms with E-state index < -0.39 is 11.7 Å². The summed E-state index contributed by atoms with van der Waals surface area (Å²) in [5.41, 5.74) is 2.13. The highest BCUT2D eigenvalue weighted by molar-refractivity contribution is 7.13. The van der Waals surface area contributed by atoms with E-state index in [0.717, 1.165) is 10.4 Å². The number of hydrogen-bond donors (Lipinski definition) is 1. The van der Waals surface area contributed by atoms with Crippen molar-refractivity contribution in [2.45, 2.75) is 6.54 Å². The van der Waals surface area contributed by atoms with Crippen molar-refractivity contribution in [2.24, 2.45) is 0 Å². The Morgan fingerprint density at radius 1 is 1.09 bits per heavy atom. The van der Waals surface area contributed by atoms with Gasteiger partial charge in [-0.2, -0.15) is 0 Å². The van der Waals surface area contributed by atoms with Crippen LogP contribution in [0.4, 0.5) is 10.1 Å². The minimum atomic E-state index is -0.447. The molecule has 5 rings (SSSR count). The van der Waals surface area contributed by atoms with Gasteiger partial charge in [0.15, 0.2) is 5.82 Å². The summed E-state index contributed by atoms with van der Waals surface area (Å²) in [6.07, 6.45) is 5.33. The Bertz CT molecular complexity index is 1360. The third-order valence-corrected chi connectivity index (χ3v) is 5.58. The molecule has 0 unspecified atom stereocenters. The van der Waals surface area contributed by atoms with Crippen molar-refractivity contribution in [3.63, 3.8) is 0 Å². The molecule has 0 aliphatic carbocycles. The van der Waals surface area contributed by atoms with E-state index in [1.54, 1.807) is 30.7 Å². The molecule has 1 N–H and O–H groups in total. The summed E-state index contributed by atoms with van der Waals surface area (Å²) >= 11 is 1.47. The molecule has 158 valence electrons. The summed E-state index contributed by atoms with van der Waals surface area (Å²) in [6.45, 7) is 0.638. The van der Waals surface area contributed by atoms with Crippen LogP contribution in [-0.4, -0.2) is 30.2 Å². The number of carbonyl (C=O) groups excluding carboxylic acids is 1. The van der Waals surface area contributed by atoms with Gasteiger partial charge in [0.05, 0.1) is 16.9 Å². The van der Waals surface area contributed by atoms with Crippen molar-refractivity contribution in [2.75, 3.05) is 5.32 Å². The van der Waals surface area contributed by atoms with E-state index in [2.05, 4.69) is 20.4 Å². The van der Waals surface area contributed by atoms with Crippen LogP contribution in [0.2, 0.25) is 0 Å². The number of imidazole rings is 1. The second-order valence-electron chi connectivity index (χ2n) is 7.02. The van der Waals surface area contributed by atoms with E-state index in [-0.39, 0.29) is 5.82 Å². The number of amides is 1. The number of thiophene rings is 1. The normalized spacial score (nSPS) is 10.9. The highest BCUT2D eigenvalue weighted by atomic mass is 32.1. The number of nitrogens with one attached hydrogen (secondary N) is 1. The van der Waals surface area contributed by atoms with Crippen LogP contribution in [0.3, 0.4) is 0 Å². The van der Waals surface area contributed by atoms with Crippen LogP contribution in [0, 0.1) is 5.82 Å². The van der Waals surface area contributed by atoms with E-state index in [0.29, 0.717) is 23.7 Å². The average molecular weight is 444 g/mol. The van der Waals surface area contributed by atoms with Crippen LogP contribution in [0.15, 0.2) is 84.8 Å². The summed E-state index contributed by atoms with van der Waals surface area (Å²) < 4.78 is 17.2. The quantitative estimate of drug-likeness (QED) is 0.414. The van der Waals surface area contributed by atoms with Gasteiger partial charge < -0.3 is 9.88 Å². The molecule has 9 heteroatoms. The van der Waals surface area contributed by atoms with Gasteiger partial charge in [-0.1, -0.05) is 24.3 Å². The largest absolute Gasteiger partial charge is 0.333 e. The first kappa shape index (κ1) is 19.8. The van der Waals surface area contributed by atoms with Crippen LogP contribution < -0.4 is 5.32 Å². The predicted octanol–water partition coefficient (Wildman–Crippen LogP) is 4.63. The van der Waals surface area contributed by atoms with Gasteiger partial charge >= 0.3 is 0 Å². The topological polar surface area (TPSA) is 77.6 Å². The monoisotopic (exact) mass is 444 g/mol. The first-order valence-electron chi connectivity index (χ1n) is 9.78. The molecule has 0 aliphatic heterocycles. The molecule has 0 bridgehead atoms. The molecule has 0 fully saturated rings. The molecule has 0 aliphatic rings. The molecule has 32 heavy (non-hydrogen) atoms. The molecule has 0 saturated carbocycles. The summed E-state index contributed by atoms with van der Waals surface area (Å²) in [5.74, 6) is -0.365. The van der Waals surface area contributed by atoms with E-state index >= 15 is 0 Å². The fraction of sp³-hybridized carbons (Fsp3) is 0.0435. The first-order valence-corrected chi connectivity index (χ1v) is 10.7. The maximum Gasteiger partial charge on any atom is 0.295 e. The van der Waals surface area contributed by atoms with Gasteiger partial charge in [0.2, 0.25) is 5.82 Å². The molecule has 2 aromatic carbocycles. The predicted molar refractivity (Wildman–Crippen MR) is 120 cm³/mol. The number of hydrogen-bond acceptors (Lipinski definition) is 5. The summed E-state index contributed by atoms with van der Waals surface area (Å²) in [4.78, 5) is 22.3. The number of benzene rings is 2. The summed E-state index contributed by atoms with van der Waals surface area (Å²) in [6, 6.07) is 17.3. The lowest BCUT2D eigenvalue weighted by Gasteiger charge is -2.07. The Balaban J connectivity index is 1.44. The molecule has 0 radical (unpaired) electrons. The van der Waals surface area contributed by atoms with Gasteiger partial charge in [0.25, 0.3) is 5.91 Å². The van der Waals surface area contributed by atoms with E-state index in [1.807, 2.05) is 46.5 Å². The zero-order valence-electron chi connectivity index (χ0n) is 16.7. The van der Waals surface area contributed by atoms with Gasteiger partial charge in [0.1, 0.15) is 5.82 Å². The van der Waals surface area contributed by atoms with Crippen molar-refractivity contribution in [3.05, 3.63) is 102 Å².